The van der Waals surface area contributed by atoms with E-state index in [0.717, 1.165) is 5.82 Å². The molecule has 0 aromatic heterocycles. The lowest BCUT2D eigenvalue weighted by atomic mass is 9.47. The van der Waals surface area contributed by atoms with Crippen LogP contribution in [0.25, 0.3) is 0 Å². The monoisotopic (exact) mass is 210 g/mol. The van der Waals surface area contributed by atoms with Gasteiger partial charge in [0.05, 0.1) is 0 Å². The molecule has 1 rings (SSSR count). The van der Waals surface area contributed by atoms with Crippen molar-refractivity contribution in [3.63, 3.8) is 0 Å². The standard InChI is InChI=1S/C13H27BO/c1-3-4-5-6-7-10-13-11-8-9-12-14(13)15-2/h13H,3-12H2,1-2H3. The van der Waals surface area contributed by atoms with Crippen LogP contribution in [-0.2, 0) is 4.65 Å². The molecular weight excluding hydrogens is 183 g/mol. The zero-order valence-electron chi connectivity index (χ0n) is 10.6. The molecule has 0 N–H and O–H groups in total. The lowest BCUT2D eigenvalue weighted by Gasteiger charge is -2.27. The van der Waals surface area contributed by atoms with E-state index in [1.165, 1.54) is 64.1 Å². The first-order chi connectivity index (χ1) is 7.38. The molecule has 2 heteroatoms. The third kappa shape index (κ3) is 5.06. The molecule has 0 amide bonds. The van der Waals surface area contributed by atoms with Gasteiger partial charge in [-0.1, -0.05) is 64.7 Å². The van der Waals surface area contributed by atoms with Crippen molar-refractivity contribution in [3.8, 4) is 0 Å². The van der Waals surface area contributed by atoms with Crippen LogP contribution in [0.1, 0.15) is 64.7 Å². The van der Waals surface area contributed by atoms with Crippen LogP contribution >= 0.6 is 0 Å². The molecule has 1 aliphatic heterocycles. The topological polar surface area (TPSA) is 9.23 Å². The van der Waals surface area contributed by atoms with Gasteiger partial charge in [0.1, 0.15) is 0 Å². The second-order valence-electron chi connectivity index (χ2n) is 5.02. The molecule has 88 valence electrons. The van der Waals surface area contributed by atoms with Crippen LogP contribution in [0.3, 0.4) is 0 Å². The Balaban J connectivity index is 2.07. The minimum atomic E-state index is 0.574. The molecule has 1 unspecified atom stereocenters. The smallest absolute Gasteiger partial charge is 0.295 e. The van der Waals surface area contributed by atoms with Gasteiger partial charge in [-0.3, -0.25) is 0 Å². The first-order valence-corrected chi connectivity index (χ1v) is 6.91. The highest BCUT2D eigenvalue weighted by molar-refractivity contribution is 6.53. The highest BCUT2D eigenvalue weighted by atomic mass is 16.4. The van der Waals surface area contributed by atoms with E-state index in [1.807, 2.05) is 7.11 Å². The van der Waals surface area contributed by atoms with E-state index in [0.29, 0.717) is 6.92 Å². The average Bonchev–Trinajstić information content (AvgIpc) is 2.29. The summed E-state index contributed by atoms with van der Waals surface area (Å²) in [7, 11) is 1.89. The predicted octanol–water partition coefficient (Wildman–Crippen LogP) is 4.54. The summed E-state index contributed by atoms with van der Waals surface area (Å²) in [5.41, 5.74) is 0. The van der Waals surface area contributed by atoms with Crippen molar-refractivity contribution in [1.29, 1.82) is 0 Å². The molecule has 0 aliphatic carbocycles. The zero-order valence-corrected chi connectivity index (χ0v) is 10.6. The Kier molecular flexibility index (Phi) is 7.16. The highest BCUT2D eigenvalue weighted by Crippen LogP contribution is 2.33. The maximum absolute atomic E-state index is 5.58. The molecule has 1 atom stereocenters. The third-order valence-corrected chi connectivity index (χ3v) is 3.82. The maximum atomic E-state index is 5.58. The summed E-state index contributed by atoms with van der Waals surface area (Å²) in [5, 5.41) is 0. The lowest BCUT2D eigenvalue weighted by Crippen LogP contribution is -2.26. The van der Waals surface area contributed by atoms with Gasteiger partial charge in [0, 0.05) is 7.11 Å². The Labute approximate surface area is 96.1 Å². The van der Waals surface area contributed by atoms with E-state index in [4.69, 9.17) is 4.65 Å². The van der Waals surface area contributed by atoms with Crippen molar-refractivity contribution >= 4 is 6.92 Å². The average molecular weight is 210 g/mol. The van der Waals surface area contributed by atoms with Crippen LogP contribution in [0.2, 0.25) is 12.1 Å². The number of rotatable bonds is 7. The quantitative estimate of drug-likeness (QED) is 0.442. The SMILES string of the molecule is CCCCCCCC1CCCCB1OC. The fourth-order valence-electron chi connectivity index (χ4n) is 2.82. The minimum Gasteiger partial charge on any atom is -0.438 e. The Hall–Kier alpha value is 0.0249. The Morgan fingerprint density at radius 1 is 1.13 bits per heavy atom. The van der Waals surface area contributed by atoms with Crippen LogP contribution in [0.5, 0.6) is 0 Å². The van der Waals surface area contributed by atoms with Crippen LogP contribution in [0, 0.1) is 0 Å². The molecule has 0 saturated carbocycles. The molecule has 1 aliphatic rings. The highest BCUT2D eigenvalue weighted by Gasteiger charge is 2.28. The fraction of sp³-hybridized carbons (Fsp3) is 1.00. The number of unbranched alkanes of at least 4 members (excludes halogenated alkanes) is 4. The zero-order chi connectivity index (χ0) is 10.9. The largest absolute Gasteiger partial charge is 0.438 e. The van der Waals surface area contributed by atoms with Gasteiger partial charge in [-0.2, -0.15) is 0 Å². The van der Waals surface area contributed by atoms with Crippen molar-refractivity contribution in [1.82, 2.24) is 0 Å². The summed E-state index contributed by atoms with van der Waals surface area (Å²) in [6.07, 6.45) is 14.0. The molecular formula is C13H27BO. The molecule has 0 bridgehead atoms. The molecule has 1 nitrogen and oxygen atoms in total. The van der Waals surface area contributed by atoms with Gasteiger partial charge < -0.3 is 4.65 Å². The maximum Gasteiger partial charge on any atom is 0.295 e. The molecule has 0 spiro atoms. The number of hydrogen-bond acceptors (Lipinski definition) is 1. The lowest BCUT2D eigenvalue weighted by molar-refractivity contribution is 0.376. The van der Waals surface area contributed by atoms with Crippen LogP contribution in [0.4, 0.5) is 0 Å². The van der Waals surface area contributed by atoms with Gasteiger partial charge in [-0.15, -0.1) is 0 Å². The molecule has 1 fully saturated rings. The first-order valence-electron chi connectivity index (χ1n) is 6.91. The van der Waals surface area contributed by atoms with E-state index in [1.54, 1.807) is 0 Å². The molecule has 15 heavy (non-hydrogen) atoms. The molecule has 0 radical (unpaired) electrons. The van der Waals surface area contributed by atoms with Gasteiger partial charge in [0.15, 0.2) is 0 Å². The van der Waals surface area contributed by atoms with E-state index in [-0.39, 0.29) is 0 Å². The molecule has 0 aromatic rings. The van der Waals surface area contributed by atoms with E-state index in [2.05, 4.69) is 6.92 Å². The van der Waals surface area contributed by atoms with Crippen molar-refractivity contribution in [3.05, 3.63) is 0 Å². The van der Waals surface area contributed by atoms with Crippen molar-refractivity contribution in [2.24, 2.45) is 0 Å². The molecule has 1 saturated heterocycles. The predicted molar refractivity (Wildman–Crippen MR) is 68.5 cm³/mol. The van der Waals surface area contributed by atoms with Crippen molar-refractivity contribution in [2.45, 2.75) is 76.8 Å². The van der Waals surface area contributed by atoms with Gasteiger partial charge in [-0.25, -0.2) is 0 Å². The van der Waals surface area contributed by atoms with Gasteiger partial charge in [0.2, 0.25) is 0 Å². The summed E-state index contributed by atoms with van der Waals surface area (Å²) in [6.45, 7) is 2.85. The van der Waals surface area contributed by atoms with Crippen molar-refractivity contribution < 1.29 is 4.65 Å². The molecule has 1 heterocycles. The second kappa shape index (κ2) is 8.21. The van der Waals surface area contributed by atoms with Crippen molar-refractivity contribution in [2.75, 3.05) is 7.11 Å². The first kappa shape index (κ1) is 13.1. The normalized spacial score (nSPS) is 22.0. The fourth-order valence-corrected chi connectivity index (χ4v) is 2.82. The Bertz CT molecular complexity index is 149. The minimum absolute atomic E-state index is 0.574. The summed E-state index contributed by atoms with van der Waals surface area (Å²) < 4.78 is 5.58. The van der Waals surface area contributed by atoms with Crippen LogP contribution < -0.4 is 0 Å². The molecule has 0 aromatic carbocycles. The summed E-state index contributed by atoms with van der Waals surface area (Å²) in [5.74, 6) is 0.866. The number of hydrogen-bond donors (Lipinski definition) is 0. The Morgan fingerprint density at radius 3 is 2.67 bits per heavy atom. The summed E-state index contributed by atoms with van der Waals surface area (Å²) in [6, 6.07) is 0. The third-order valence-electron chi connectivity index (χ3n) is 3.82. The second-order valence-corrected chi connectivity index (χ2v) is 5.02. The summed E-state index contributed by atoms with van der Waals surface area (Å²) >= 11 is 0. The van der Waals surface area contributed by atoms with Gasteiger partial charge >= 0.3 is 0 Å². The van der Waals surface area contributed by atoms with Gasteiger partial charge in [-0.05, 0) is 12.1 Å². The van der Waals surface area contributed by atoms with Crippen LogP contribution in [0.15, 0.2) is 0 Å². The van der Waals surface area contributed by atoms with Crippen LogP contribution in [-0.4, -0.2) is 14.0 Å². The Morgan fingerprint density at radius 2 is 1.93 bits per heavy atom. The van der Waals surface area contributed by atoms with E-state index < -0.39 is 0 Å². The van der Waals surface area contributed by atoms with E-state index >= 15 is 0 Å². The summed E-state index contributed by atoms with van der Waals surface area (Å²) in [4.78, 5) is 0. The van der Waals surface area contributed by atoms with Gasteiger partial charge in [0.25, 0.3) is 6.92 Å². The van der Waals surface area contributed by atoms with E-state index in [9.17, 15) is 0 Å².